The zero-order valence-electron chi connectivity index (χ0n) is 16.0. The van der Waals surface area contributed by atoms with Crippen molar-refractivity contribution in [1.29, 1.82) is 0 Å². The van der Waals surface area contributed by atoms with Gasteiger partial charge in [-0.25, -0.2) is 17.8 Å². The maximum atomic E-state index is 14.0. The average Bonchev–Trinajstić information content (AvgIpc) is 3.20. The lowest BCUT2D eigenvalue weighted by atomic mass is 10.2. The van der Waals surface area contributed by atoms with E-state index in [-0.39, 0.29) is 6.42 Å². The molecule has 3 rings (SSSR count). The second-order valence-electron chi connectivity index (χ2n) is 6.28. The highest BCUT2D eigenvalue weighted by Crippen LogP contribution is 2.25. The Labute approximate surface area is 183 Å². The van der Waals surface area contributed by atoms with Gasteiger partial charge in [-0.1, -0.05) is 42.5 Å². The topological polar surface area (TPSA) is 88.2 Å². The largest absolute Gasteiger partial charge is 0.301 e. The number of hydrogen-bond donors (Lipinski definition) is 2. The van der Waals surface area contributed by atoms with Crippen molar-refractivity contribution in [3.63, 3.8) is 0 Å². The summed E-state index contributed by atoms with van der Waals surface area (Å²) in [6.07, 6.45) is 2.10. The molecule has 0 radical (unpaired) electrons. The first kappa shape index (κ1) is 22.4. The summed E-state index contributed by atoms with van der Waals surface area (Å²) in [4.78, 5) is 16.7. The lowest BCUT2D eigenvalue weighted by Gasteiger charge is -2.17. The standard InChI is InChI=1S/C20H20FN3O3S3/c1-28-12-11-16(24-30(26,27)18-10-6-5-9-15(18)21)19(25)23-20-22-17(13-29-20)14-7-3-2-4-8-14/h2-10,13,16,24H,11-12H2,1H3,(H,22,23,25)/t16-/m1/s1. The summed E-state index contributed by atoms with van der Waals surface area (Å²) in [6, 6.07) is 13.5. The molecule has 2 N–H and O–H groups in total. The van der Waals surface area contributed by atoms with E-state index in [1.165, 1.54) is 35.2 Å². The number of thioether (sulfide) groups is 1. The number of sulfonamides is 1. The molecule has 1 atom stereocenters. The molecular weight excluding hydrogens is 445 g/mol. The molecule has 6 nitrogen and oxygen atoms in total. The van der Waals surface area contributed by atoms with Crippen molar-refractivity contribution < 1.29 is 17.6 Å². The van der Waals surface area contributed by atoms with Crippen LogP contribution in [0, 0.1) is 5.82 Å². The quantitative estimate of drug-likeness (QED) is 0.499. The molecule has 158 valence electrons. The third-order valence-corrected chi connectivity index (χ3v) is 7.06. The van der Waals surface area contributed by atoms with Crippen molar-refractivity contribution in [1.82, 2.24) is 9.71 Å². The summed E-state index contributed by atoms with van der Waals surface area (Å²) in [5.41, 5.74) is 1.62. The van der Waals surface area contributed by atoms with Gasteiger partial charge in [0.25, 0.3) is 0 Å². The van der Waals surface area contributed by atoms with Crippen LogP contribution in [0.2, 0.25) is 0 Å². The van der Waals surface area contributed by atoms with E-state index >= 15 is 0 Å². The molecular formula is C20H20FN3O3S3. The van der Waals surface area contributed by atoms with Crippen molar-refractivity contribution in [2.24, 2.45) is 0 Å². The Morgan fingerprint density at radius 2 is 1.87 bits per heavy atom. The second-order valence-corrected chi connectivity index (χ2v) is 9.81. The molecule has 2 aromatic carbocycles. The minimum absolute atomic E-state index is 0.248. The highest BCUT2D eigenvalue weighted by atomic mass is 32.2. The van der Waals surface area contributed by atoms with Crippen LogP contribution in [0.3, 0.4) is 0 Å². The van der Waals surface area contributed by atoms with Gasteiger partial charge in [-0.05, 0) is 30.6 Å². The highest BCUT2D eigenvalue weighted by Gasteiger charge is 2.27. The van der Waals surface area contributed by atoms with Gasteiger partial charge in [0.05, 0.1) is 5.69 Å². The van der Waals surface area contributed by atoms with E-state index in [2.05, 4.69) is 15.0 Å². The van der Waals surface area contributed by atoms with Crippen LogP contribution in [0.5, 0.6) is 0 Å². The molecule has 0 bridgehead atoms. The molecule has 0 saturated carbocycles. The lowest BCUT2D eigenvalue weighted by Crippen LogP contribution is -2.44. The van der Waals surface area contributed by atoms with E-state index in [4.69, 9.17) is 0 Å². The van der Waals surface area contributed by atoms with Gasteiger partial charge in [-0.3, -0.25) is 4.79 Å². The fraction of sp³-hybridized carbons (Fsp3) is 0.200. The SMILES string of the molecule is CSCC[C@@H](NS(=O)(=O)c1ccccc1F)C(=O)Nc1nc(-c2ccccc2)cs1. The molecule has 30 heavy (non-hydrogen) atoms. The van der Waals surface area contributed by atoms with Crippen LogP contribution < -0.4 is 10.0 Å². The summed E-state index contributed by atoms with van der Waals surface area (Å²) in [5.74, 6) is -0.871. The van der Waals surface area contributed by atoms with Crippen LogP contribution in [-0.2, 0) is 14.8 Å². The van der Waals surface area contributed by atoms with Gasteiger partial charge in [-0.15, -0.1) is 11.3 Å². The number of carbonyl (C=O) groups excluding carboxylic acids is 1. The number of nitrogens with zero attached hydrogens (tertiary/aromatic N) is 1. The van der Waals surface area contributed by atoms with Gasteiger partial charge in [0.1, 0.15) is 16.8 Å². The van der Waals surface area contributed by atoms with Gasteiger partial charge < -0.3 is 5.32 Å². The van der Waals surface area contributed by atoms with Crippen LogP contribution in [0.4, 0.5) is 9.52 Å². The smallest absolute Gasteiger partial charge is 0.244 e. The van der Waals surface area contributed by atoms with Crippen LogP contribution in [-0.4, -0.2) is 37.4 Å². The first-order chi connectivity index (χ1) is 14.4. The minimum Gasteiger partial charge on any atom is -0.301 e. The molecule has 0 aliphatic heterocycles. The maximum absolute atomic E-state index is 14.0. The third-order valence-electron chi connectivity index (χ3n) is 4.15. The number of halogens is 1. The fourth-order valence-electron chi connectivity index (χ4n) is 2.66. The number of anilines is 1. The number of nitrogens with one attached hydrogen (secondary N) is 2. The van der Waals surface area contributed by atoms with Crippen molar-refractivity contribution in [2.75, 3.05) is 17.3 Å². The molecule has 0 aliphatic carbocycles. The number of rotatable bonds is 9. The van der Waals surface area contributed by atoms with Gasteiger partial charge >= 0.3 is 0 Å². The predicted molar refractivity (Wildman–Crippen MR) is 120 cm³/mol. The maximum Gasteiger partial charge on any atom is 0.244 e. The Kier molecular flexibility index (Phi) is 7.59. The number of aromatic nitrogens is 1. The fourth-order valence-corrected chi connectivity index (χ4v) is 5.16. The highest BCUT2D eigenvalue weighted by molar-refractivity contribution is 7.98. The van der Waals surface area contributed by atoms with Gasteiger partial charge in [0.2, 0.25) is 15.9 Å². The second kappa shape index (κ2) is 10.2. The number of amides is 1. The van der Waals surface area contributed by atoms with E-state index < -0.39 is 32.7 Å². The number of hydrogen-bond acceptors (Lipinski definition) is 6. The van der Waals surface area contributed by atoms with Gasteiger partial charge in [0.15, 0.2) is 5.13 Å². The van der Waals surface area contributed by atoms with Crippen molar-refractivity contribution in [3.8, 4) is 11.3 Å². The van der Waals surface area contributed by atoms with Crippen molar-refractivity contribution in [3.05, 3.63) is 65.8 Å². The third kappa shape index (κ3) is 5.66. The van der Waals surface area contributed by atoms with Gasteiger partial charge in [0, 0.05) is 10.9 Å². The van der Waals surface area contributed by atoms with Crippen LogP contribution >= 0.6 is 23.1 Å². The summed E-state index contributed by atoms with van der Waals surface area (Å²) in [5, 5.41) is 4.84. The molecule has 0 spiro atoms. The molecule has 10 heteroatoms. The summed E-state index contributed by atoms with van der Waals surface area (Å²) in [6.45, 7) is 0. The molecule has 1 heterocycles. The van der Waals surface area contributed by atoms with E-state index in [0.29, 0.717) is 16.6 Å². The van der Waals surface area contributed by atoms with E-state index in [1.54, 1.807) is 0 Å². The van der Waals surface area contributed by atoms with E-state index in [1.807, 2.05) is 42.0 Å². The van der Waals surface area contributed by atoms with Crippen LogP contribution in [0.25, 0.3) is 11.3 Å². The van der Waals surface area contributed by atoms with Crippen molar-refractivity contribution in [2.45, 2.75) is 17.4 Å². The normalized spacial score (nSPS) is 12.5. The first-order valence-electron chi connectivity index (χ1n) is 8.98. The molecule has 0 saturated heterocycles. The Morgan fingerprint density at radius 3 is 2.57 bits per heavy atom. The Bertz CT molecular complexity index is 1100. The zero-order valence-corrected chi connectivity index (χ0v) is 18.5. The van der Waals surface area contributed by atoms with Crippen LogP contribution in [0.1, 0.15) is 6.42 Å². The average molecular weight is 466 g/mol. The van der Waals surface area contributed by atoms with Crippen LogP contribution in [0.15, 0.2) is 64.9 Å². The number of benzene rings is 2. The molecule has 0 unspecified atom stereocenters. The lowest BCUT2D eigenvalue weighted by molar-refractivity contribution is -0.117. The minimum atomic E-state index is -4.21. The van der Waals surface area contributed by atoms with Crippen molar-refractivity contribution >= 4 is 44.2 Å². The summed E-state index contributed by atoms with van der Waals surface area (Å²) < 4.78 is 41.5. The zero-order chi connectivity index (χ0) is 21.6. The summed E-state index contributed by atoms with van der Waals surface area (Å²) >= 11 is 2.72. The monoisotopic (exact) mass is 465 g/mol. The Hall–Kier alpha value is -2.27. The molecule has 1 aromatic heterocycles. The summed E-state index contributed by atoms with van der Waals surface area (Å²) in [7, 11) is -4.21. The molecule has 3 aromatic rings. The number of thiazole rings is 1. The van der Waals surface area contributed by atoms with Gasteiger partial charge in [-0.2, -0.15) is 16.5 Å². The van der Waals surface area contributed by atoms with E-state index in [9.17, 15) is 17.6 Å². The Balaban J connectivity index is 1.76. The molecule has 0 aliphatic rings. The number of carbonyl (C=O) groups is 1. The predicted octanol–water partition coefficient (Wildman–Crippen LogP) is 3.99. The molecule has 1 amide bonds. The first-order valence-corrected chi connectivity index (χ1v) is 12.7. The van der Waals surface area contributed by atoms with E-state index in [0.717, 1.165) is 17.7 Å². The Morgan fingerprint density at radius 1 is 1.17 bits per heavy atom. The molecule has 0 fully saturated rings.